The Labute approximate surface area is 136 Å². The van der Waals surface area contributed by atoms with E-state index >= 15 is 0 Å². The maximum Gasteiger partial charge on any atom is 0.165 e. The van der Waals surface area contributed by atoms with Crippen molar-refractivity contribution < 1.29 is 9.53 Å². The van der Waals surface area contributed by atoms with Crippen molar-refractivity contribution in [1.29, 1.82) is 10.7 Å². The molecular weight excluding hydrogens is 318 g/mol. The van der Waals surface area contributed by atoms with Gasteiger partial charge in [0.05, 0.1) is 28.6 Å². The summed E-state index contributed by atoms with van der Waals surface area (Å²) in [5.74, 6) is -0.261. The Hall–Kier alpha value is -1.91. The van der Waals surface area contributed by atoms with E-state index in [4.69, 9.17) is 15.4 Å². The zero-order valence-electron chi connectivity index (χ0n) is 12.3. The van der Waals surface area contributed by atoms with E-state index in [0.29, 0.717) is 6.61 Å². The molecule has 2 rings (SSSR count). The van der Waals surface area contributed by atoms with Crippen LogP contribution in [-0.2, 0) is 4.79 Å². The van der Waals surface area contributed by atoms with Crippen LogP contribution in [0.25, 0.3) is 10.2 Å². The van der Waals surface area contributed by atoms with E-state index in [2.05, 4.69) is 4.98 Å². The Bertz CT molecular complexity index is 749. The molecule has 0 fully saturated rings. The van der Waals surface area contributed by atoms with Gasteiger partial charge in [0.15, 0.2) is 10.1 Å². The second kappa shape index (κ2) is 7.38. The van der Waals surface area contributed by atoms with Crippen molar-refractivity contribution in [3.05, 3.63) is 18.2 Å². The lowest BCUT2D eigenvalue weighted by Crippen LogP contribution is -2.21. The van der Waals surface area contributed by atoms with E-state index in [9.17, 15) is 4.79 Å². The molecule has 0 unspecified atom stereocenters. The van der Waals surface area contributed by atoms with Gasteiger partial charge in [0.1, 0.15) is 11.7 Å². The van der Waals surface area contributed by atoms with Crippen LogP contribution in [0.3, 0.4) is 0 Å². The Kier molecular flexibility index (Phi) is 5.52. The van der Waals surface area contributed by atoms with Crippen LogP contribution < -0.4 is 4.74 Å². The fraction of sp³-hybridized carbons (Fsp3) is 0.333. The monoisotopic (exact) mass is 333 g/mol. The first-order valence-corrected chi connectivity index (χ1v) is 8.49. The number of rotatable bonds is 7. The van der Waals surface area contributed by atoms with Crippen molar-refractivity contribution in [2.45, 2.75) is 18.2 Å². The van der Waals surface area contributed by atoms with Crippen molar-refractivity contribution in [2.75, 3.05) is 12.4 Å². The molecule has 0 aliphatic heterocycles. The first-order valence-electron chi connectivity index (χ1n) is 6.68. The number of hydrogen-bond acceptors (Lipinski definition) is 7. The van der Waals surface area contributed by atoms with Gasteiger partial charge >= 0.3 is 0 Å². The topological polar surface area (TPSA) is 86.8 Å². The third kappa shape index (κ3) is 3.84. The van der Waals surface area contributed by atoms with Crippen molar-refractivity contribution >= 4 is 44.8 Å². The second-order valence-corrected chi connectivity index (χ2v) is 6.80. The molecule has 1 aromatic carbocycles. The van der Waals surface area contributed by atoms with E-state index < -0.39 is 5.92 Å². The van der Waals surface area contributed by atoms with Crippen molar-refractivity contribution in [2.24, 2.45) is 5.92 Å². The highest BCUT2D eigenvalue weighted by molar-refractivity contribution is 8.01. The zero-order valence-corrected chi connectivity index (χ0v) is 13.9. The smallest absolute Gasteiger partial charge is 0.165 e. The van der Waals surface area contributed by atoms with Gasteiger partial charge in [0.2, 0.25) is 0 Å². The Morgan fingerprint density at radius 2 is 2.36 bits per heavy atom. The lowest BCUT2D eigenvalue weighted by Gasteiger charge is -2.04. The molecule has 1 N–H and O–H groups in total. The van der Waals surface area contributed by atoms with Gasteiger partial charge in [-0.05, 0) is 32.0 Å². The van der Waals surface area contributed by atoms with Gasteiger partial charge in [0, 0.05) is 5.71 Å². The largest absolute Gasteiger partial charge is 0.494 e. The minimum atomic E-state index is -0.952. The molecule has 7 heteroatoms. The van der Waals surface area contributed by atoms with Gasteiger partial charge in [-0.15, -0.1) is 11.3 Å². The van der Waals surface area contributed by atoms with Crippen LogP contribution in [0, 0.1) is 22.7 Å². The van der Waals surface area contributed by atoms with Crippen molar-refractivity contribution in [1.82, 2.24) is 4.98 Å². The van der Waals surface area contributed by atoms with Gasteiger partial charge in [-0.2, -0.15) is 5.26 Å². The molecule has 0 bridgehead atoms. The van der Waals surface area contributed by atoms with E-state index in [1.54, 1.807) is 0 Å². The first kappa shape index (κ1) is 16.5. The third-order valence-corrected chi connectivity index (χ3v) is 5.06. The normalized spacial score (nSPS) is 11.9. The number of carbonyl (C=O) groups is 1. The minimum absolute atomic E-state index is 0.0822. The fourth-order valence-electron chi connectivity index (χ4n) is 1.83. The molecule has 0 aliphatic carbocycles. The molecule has 0 radical (unpaired) electrons. The average Bonchev–Trinajstić information content (AvgIpc) is 2.88. The fourth-order valence-corrected chi connectivity index (χ4v) is 3.83. The molecule has 0 saturated carbocycles. The Morgan fingerprint density at radius 1 is 1.59 bits per heavy atom. The van der Waals surface area contributed by atoms with E-state index in [1.165, 1.54) is 30.0 Å². The van der Waals surface area contributed by atoms with Crippen molar-refractivity contribution in [3.8, 4) is 11.8 Å². The number of thioether (sulfide) groups is 1. The lowest BCUT2D eigenvalue weighted by molar-refractivity contribution is -0.117. The lowest BCUT2D eigenvalue weighted by atomic mass is 10.0. The number of thiazole rings is 1. The van der Waals surface area contributed by atoms with Crippen LogP contribution in [0.15, 0.2) is 22.5 Å². The highest BCUT2D eigenvalue weighted by Crippen LogP contribution is 2.32. The van der Waals surface area contributed by atoms with Gasteiger partial charge in [-0.1, -0.05) is 11.8 Å². The van der Waals surface area contributed by atoms with Crippen LogP contribution >= 0.6 is 23.1 Å². The summed E-state index contributed by atoms with van der Waals surface area (Å²) in [6, 6.07) is 7.56. The highest BCUT2D eigenvalue weighted by atomic mass is 32.2. The number of Topliss-reactive ketones (excluding diaryl/α,β-unsaturated/α-hetero) is 1. The van der Waals surface area contributed by atoms with E-state index in [-0.39, 0.29) is 17.2 Å². The summed E-state index contributed by atoms with van der Waals surface area (Å²) in [4.78, 5) is 16.4. The molecule has 1 heterocycles. The predicted octanol–water partition coefficient (Wildman–Crippen LogP) is 3.54. The van der Waals surface area contributed by atoms with Crippen LogP contribution in [0.4, 0.5) is 0 Å². The number of ether oxygens (including phenoxy) is 1. The minimum Gasteiger partial charge on any atom is -0.494 e. The summed E-state index contributed by atoms with van der Waals surface area (Å²) in [6.07, 6.45) is 0. The number of hydrogen-bond donors (Lipinski definition) is 1. The number of fused-ring (bicyclic) bond motifs is 1. The molecule has 0 saturated heterocycles. The molecule has 1 atom stereocenters. The standard InChI is InChI=1S/C15H15N3O2S2/c1-3-20-10-4-5-12-14(6-10)22-15(18-12)21-8-13(19)11(7-16)9(2)17/h4-6,11,17H,3,8H2,1-2H3/t11-/m1/s1. The third-order valence-electron chi connectivity index (χ3n) is 2.87. The summed E-state index contributed by atoms with van der Waals surface area (Å²) in [6.45, 7) is 4.02. The quantitative estimate of drug-likeness (QED) is 0.618. The number of nitrogens with one attached hydrogen (secondary N) is 1. The molecule has 0 aliphatic rings. The summed E-state index contributed by atoms with van der Waals surface area (Å²) in [7, 11) is 0. The molecule has 22 heavy (non-hydrogen) atoms. The Morgan fingerprint density at radius 3 is 3.00 bits per heavy atom. The number of benzene rings is 1. The number of aromatic nitrogens is 1. The molecule has 0 amide bonds. The van der Waals surface area contributed by atoms with E-state index in [1.807, 2.05) is 31.2 Å². The first-order chi connectivity index (χ1) is 10.5. The summed E-state index contributed by atoms with van der Waals surface area (Å²) in [5, 5.41) is 16.3. The van der Waals surface area contributed by atoms with Crippen LogP contribution in [0.2, 0.25) is 0 Å². The number of nitriles is 1. The summed E-state index contributed by atoms with van der Waals surface area (Å²) >= 11 is 2.79. The van der Waals surface area contributed by atoms with Gasteiger partial charge in [-0.3, -0.25) is 4.79 Å². The van der Waals surface area contributed by atoms with Gasteiger partial charge in [0.25, 0.3) is 0 Å². The number of carbonyl (C=O) groups excluding carboxylic acids is 1. The molecule has 5 nitrogen and oxygen atoms in total. The van der Waals surface area contributed by atoms with Crippen LogP contribution in [-0.4, -0.2) is 28.8 Å². The average molecular weight is 333 g/mol. The zero-order chi connectivity index (χ0) is 16.1. The number of nitrogens with zero attached hydrogens (tertiary/aromatic N) is 2. The SMILES string of the molecule is CCOc1ccc2nc(SCC(=O)[C@H](C#N)C(C)=N)sc2c1. The molecule has 0 spiro atoms. The van der Waals surface area contributed by atoms with Crippen LogP contribution in [0.5, 0.6) is 5.75 Å². The van der Waals surface area contributed by atoms with Crippen LogP contribution in [0.1, 0.15) is 13.8 Å². The van der Waals surface area contributed by atoms with E-state index in [0.717, 1.165) is 20.3 Å². The molecule has 2 aromatic rings. The summed E-state index contributed by atoms with van der Waals surface area (Å²) in [5.41, 5.74) is 0.947. The molecule has 114 valence electrons. The maximum atomic E-state index is 11.9. The van der Waals surface area contributed by atoms with Gasteiger partial charge in [-0.25, -0.2) is 4.98 Å². The second-order valence-electron chi connectivity index (χ2n) is 4.54. The van der Waals surface area contributed by atoms with Gasteiger partial charge < -0.3 is 10.1 Å². The highest BCUT2D eigenvalue weighted by Gasteiger charge is 2.20. The maximum absolute atomic E-state index is 11.9. The number of ketones is 1. The molecule has 1 aromatic heterocycles. The predicted molar refractivity (Wildman–Crippen MR) is 89.0 cm³/mol. The van der Waals surface area contributed by atoms with Crippen molar-refractivity contribution in [3.63, 3.8) is 0 Å². The molecular formula is C15H15N3O2S2. The Balaban J connectivity index is 2.07. The summed E-state index contributed by atoms with van der Waals surface area (Å²) < 4.78 is 7.23.